The lowest BCUT2D eigenvalue weighted by Crippen LogP contribution is -2.36. The summed E-state index contributed by atoms with van der Waals surface area (Å²) in [5, 5.41) is 12.9. The molecule has 0 aliphatic carbocycles. The lowest BCUT2D eigenvalue weighted by Gasteiger charge is -2.23. The predicted octanol–water partition coefficient (Wildman–Crippen LogP) is 3.64. The minimum atomic E-state index is -0.821. The van der Waals surface area contributed by atoms with E-state index in [0.29, 0.717) is 5.02 Å². The summed E-state index contributed by atoms with van der Waals surface area (Å²) >= 11 is 5.87. The van der Waals surface area contributed by atoms with Crippen LogP contribution in [0.25, 0.3) is 0 Å². The van der Waals surface area contributed by atoms with Crippen molar-refractivity contribution in [2.45, 2.75) is 32.7 Å². The molecule has 0 heterocycles. The highest BCUT2D eigenvalue weighted by Gasteiger charge is 2.25. The van der Waals surface area contributed by atoms with Crippen molar-refractivity contribution in [1.82, 2.24) is 0 Å². The first-order valence-corrected chi connectivity index (χ1v) is 6.21. The van der Waals surface area contributed by atoms with Crippen LogP contribution in [0.4, 0.5) is 5.69 Å². The normalized spacial score (nSPS) is 12.5. The van der Waals surface area contributed by atoms with Crippen LogP contribution in [0, 0.1) is 5.92 Å². The number of halogens is 1. The van der Waals surface area contributed by atoms with E-state index in [1.807, 2.05) is 19.9 Å². The van der Waals surface area contributed by atoms with E-state index < -0.39 is 12.0 Å². The van der Waals surface area contributed by atoms with Crippen molar-refractivity contribution >= 4 is 23.3 Å². The number of rotatable bonds is 6. The summed E-state index contributed by atoms with van der Waals surface area (Å²) in [6.07, 6.45) is 1.67. The Hall–Kier alpha value is -1.22. The zero-order valence-corrected chi connectivity index (χ0v) is 10.9. The van der Waals surface area contributed by atoms with Crippen LogP contribution in [0.5, 0.6) is 0 Å². The molecule has 2 N–H and O–H groups in total. The molecule has 1 aromatic rings. The SMILES string of the molecule is CCC(CC)C(Nc1cccc(Cl)c1)C(=O)O. The van der Waals surface area contributed by atoms with E-state index in [1.165, 1.54) is 0 Å². The van der Waals surface area contributed by atoms with Gasteiger partial charge in [0.2, 0.25) is 0 Å². The quantitative estimate of drug-likeness (QED) is 0.816. The molecule has 4 heteroatoms. The largest absolute Gasteiger partial charge is 0.480 e. The second-order valence-electron chi connectivity index (χ2n) is 4.05. The van der Waals surface area contributed by atoms with Crippen molar-refractivity contribution in [2.75, 3.05) is 5.32 Å². The van der Waals surface area contributed by atoms with Gasteiger partial charge in [-0.1, -0.05) is 44.4 Å². The molecule has 0 aliphatic heterocycles. The van der Waals surface area contributed by atoms with Gasteiger partial charge in [-0.2, -0.15) is 0 Å². The molecule has 0 aromatic heterocycles. The number of carbonyl (C=O) groups is 1. The minimum absolute atomic E-state index is 0.117. The van der Waals surface area contributed by atoms with Crippen molar-refractivity contribution in [2.24, 2.45) is 5.92 Å². The first-order valence-electron chi connectivity index (χ1n) is 5.83. The molecule has 1 unspecified atom stereocenters. The van der Waals surface area contributed by atoms with Crippen molar-refractivity contribution in [3.05, 3.63) is 29.3 Å². The van der Waals surface area contributed by atoms with E-state index in [2.05, 4.69) is 5.32 Å². The molecule has 3 nitrogen and oxygen atoms in total. The molecule has 1 rings (SSSR count). The van der Waals surface area contributed by atoms with Crippen LogP contribution in [0.2, 0.25) is 5.02 Å². The Balaban J connectivity index is 2.83. The Morgan fingerprint density at radius 2 is 2.06 bits per heavy atom. The van der Waals surface area contributed by atoms with Gasteiger partial charge in [0, 0.05) is 10.7 Å². The second-order valence-corrected chi connectivity index (χ2v) is 4.48. The monoisotopic (exact) mass is 255 g/mol. The molecule has 0 aliphatic rings. The summed E-state index contributed by atoms with van der Waals surface area (Å²) in [5.74, 6) is -0.704. The molecule has 17 heavy (non-hydrogen) atoms. The second kappa shape index (κ2) is 6.50. The number of hydrogen-bond donors (Lipinski definition) is 2. The van der Waals surface area contributed by atoms with Crippen molar-refractivity contribution in [3.8, 4) is 0 Å². The lowest BCUT2D eigenvalue weighted by atomic mass is 9.94. The van der Waals surface area contributed by atoms with E-state index in [1.54, 1.807) is 18.2 Å². The summed E-state index contributed by atoms with van der Waals surface area (Å²) in [7, 11) is 0. The number of nitrogens with one attached hydrogen (secondary N) is 1. The Morgan fingerprint density at radius 3 is 2.53 bits per heavy atom. The van der Waals surface area contributed by atoms with Gasteiger partial charge in [0.25, 0.3) is 0 Å². The Bertz CT molecular complexity index is 377. The van der Waals surface area contributed by atoms with Gasteiger partial charge >= 0.3 is 5.97 Å². The number of aliphatic carboxylic acids is 1. The average Bonchev–Trinajstić information content (AvgIpc) is 2.29. The highest BCUT2D eigenvalue weighted by Crippen LogP contribution is 2.21. The van der Waals surface area contributed by atoms with Crippen LogP contribution in [0.15, 0.2) is 24.3 Å². The van der Waals surface area contributed by atoms with E-state index in [-0.39, 0.29) is 5.92 Å². The number of hydrogen-bond acceptors (Lipinski definition) is 2. The summed E-state index contributed by atoms with van der Waals surface area (Å²) in [6.45, 7) is 4.01. The fraction of sp³-hybridized carbons (Fsp3) is 0.462. The van der Waals surface area contributed by atoms with E-state index >= 15 is 0 Å². The summed E-state index contributed by atoms with van der Waals surface area (Å²) in [6, 6.07) is 6.56. The third-order valence-electron chi connectivity index (χ3n) is 2.93. The van der Waals surface area contributed by atoms with Crippen LogP contribution in [0.3, 0.4) is 0 Å². The third kappa shape index (κ3) is 3.93. The molecular formula is C13H18ClNO2. The van der Waals surface area contributed by atoms with Gasteiger partial charge in [-0.3, -0.25) is 0 Å². The maximum absolute atomic E-state index is 11.3. The van der Waals surface area contributed by atoms with Gasteiger partial charge < -0.3 is 10.4 Å². The lowest BCUT2D eigenvalue weighted by molar-refractivity contribution is -0.139. The molecule has 0 saturated carbocycles. The van der Waals surface area contributed by atoms with Crippen LogP contribution in [0.1, 0.15) is 26.7 Å². The molecule has 1 aromatic carbocycles. The molecule has 0 radical (unpaired) electrons. The van der Waals surface area contributed by atoms with Crippen molar-refractivity contribution in [1.29, 1.82) is 0 Å². The van der Waals surface area contributed by atoms with Crippen LogP contribution in [-0.4, -0.2) is 17.1 Å². The van der Waals surface area contributed by atoms with E-state index in [0.717, 1.165) is 18.5 Å². The number of anilines is 1. The first kappa shape index (κ1) is 13.8. The molecule has 0 amide bonds. The van der Waals surface area contributed by atoms with Gasteiger partial charge in [0.05, 0.1) is 0 Å². The fourth-order valence-corrected chi connectivity index (χ4v) is 2.09. The minimum Gasteiger partial charge on any atom is -0.480 e. The zero-order valence-electron chi connectivity index (χ0n) is 10.1. The van der Waals surface area contributed by atoms with Crippen molar-refractivity contribution < 1.29 is 9.90 Å². The zero-order chi connectivity index (χ0) is 12.8. The van der Waals surface area contributed by atoms with Gasteiger partial charge in [0.15, 0.2) is 0 Å². The number of carboxylic acid groups (broad SMARTS) is 1. The first-order chi connectivity index (χ1) is 8.08. The van der Waals surface area contributed by atoms with Crippen LogP contribution < -0.4 is 5.32 Å². The van der Waals surface area contributed by atoms with Crippen LogP contribution >= 0.6 is 11.6 Å². The average molecular weight is 256 g/mol. The summed E-state index contributed by atoms with van der Waals surface area (Å²) < 4.78 is 0. The molecule has 0 saturated heterocycles. The maximum atomic E-state index is 11.3. The Morgan fingerprint density at radius 1 is 1.41 bits per heavy atom. The number of carboxylic acids is 1. The van der Waals surface area contributed by atoms with Crippen LogP contribution in [-0.2, 0) is 4.79 Å². The molecule has 0 fully saturated rings. The van der Waals surface area contributed by atoms with Gasteiger partial charge in [-0.25, -0.2) is 4.79 Å². The molecular weight excluding hydrogens is 238 g/mol. The van der Waals surface area contributed by atoms with Gasteiger partial charge in [-0.05, 0) is 24.1 Å². The Kier molecular flexibility index (Phi) is 5.29. The van der Waals surface area contributed by atoms with Gasteiger partial charge in [0.1, 0.15) is 6.04 Å². The van der Waals surface area contributed by atoms with E-state index in [4.69, 9.17) is 11.6 Å². The smallest absolute Gasteiger partial charge is 0.326 e. The number of benzene rings is 1. The maximum Gasteiger partial charge on any atom is 0.326 e. The third-order valence-corrected chi connectivity index (χ3v) is 3.17. The fourth-order valence-electron chi connectivity index (χ4n) is 1.90. The molecule has 0 spiro atoms. The predicted molar refractivity (Wildman–Crippen MR) is 70.6 cm³/mol. The standard InChI is InChI=1S/C13H18ClNO2/c1-3-9(4-2)12(13(16)17)15-11-7-5-6-10(14)8-11/h5-9,12,15H,3-4H2,1-2H3,(H,16,17). The highest BCUT2D eigenvalue weighted by atomic mass is 35.5. The summed E-state index contributed by atoms with van der Waals surface area (Å²) in [5.41, 5.74) is 0.747. The summed E-state index contributed by atoms with van der Waals surface area (Å²) in [4.78, 5) is 11.3. The molecule has 0 bridgehead atoms. The highest BCUT2D eigenvalue weighted by molar-refractivity contribution is 6.30. The molecule has 1 atom stereocenters. The Labute approximate surface area is 107 Å². The van der Waals surface area contributed by atoms with Gasteiger partial charge in [-0.15, -0.1) is 0 Å². The van der Waals surface area contributed by atoms with Crippen molar-refractivity contribution in [3.63, 3.8) is 0 Å². The van der Waals surface area contributed by atoms with E-state index in [9.17, 15) is 9.90 Å². The topological polar surface area (TPSA) is 49.3 Å². The molecule has 94 valence electrons.